The number of likely N-dealkylation sites (tertiary alicyclic amines) is 1. The minimum Gasteiger partial charge on any atom is -0.324 e. The predicted molar refractivity (Wildman–Crippen MR) is 121 cm³/mol. The Morgan fingerprint density at radius 1 is 1.00 bits per heavy atom. The molecule has 1 saturated heterocycles. The quantitative estimate of drug-likeness (QED) is 0.653. The topological polar surface area (TPSA) is 75.2 Å². The lowest BCUT2D eigenvalue weighted by atomic mass is 9.84. The minimum absolute atomic E-state index is 0.0402. The molecule has 2 fully saturated rings. The smallest absolute Gasteiger partial charge is 0.254 e. The van der Waals surface area contributed by atoms with Gasteiger partial charge in [0.1, 0.15) is 11.7 Å². The molecule has 3 aromatic rings. The molecule has 158 valence electrons. The van der Waals surface area contributed by atoms with Crippen molar-refractivity contribution in [2.24, 2.45) is 5.92 Å². The SMILES string of the molecule is O=C(Nc1ccc(-c2csnn2)cc1)C1CC2CCCCC2N1C(=O)c1ccccc1. The molecule has 1 aliphatic carbocycles. The molecule has 1 saturated carbocycles. The highest BCUT2D eigenvalue weighted by Crippen LogP contribution is 2.41. The van der Waals surface area contributed by atoms with Crippen molar-refractivity contribution in [2.45, 2.75) is 44.2 Å². The maximum Gasteiger partial charge on any atom is 0.254 e. The standard InChI is InChI=1S/C24H24N4O2S/c29-23(25-19-12-10-16(11-13-19)20-15-31-27-26-20)22-14-18-8-4-5-9-21(18)28(22)24(30)17-6-2-1-3-7-17/h1-3,6-7,10-13,15,18,21-22H,4-5,8-9,14H2,(H,25,29). The molecule has 1 aliphatic heterocycles. The molecule has 5 rings (SSSR count). The molecule has 3 unspecified atom stereocenters. The first-order valence-corrected chi connectivity index (χ1v) is 11.6. The number of anilines is 1. The Kier molecular flexibility index (Phi) is 5.51. The lowest BCUT2D eigenvalue weighted by Crippen LogP contribution is -2.47. The number of nitrogens with zero attached hydrogens (tertiary/aromatic N) is 3. The van der Waals surface area contributed by atoms with Gasteiger partial charge in [-0.15, -0.1) is 5.10 Å². The van der Waals surface area contributed by atoms with Crippen molar-refractivity contribution in [1.82, 2.24) is 14.5 Å². The van der Waals surface area contributed by atoms with Gasteiger partial charge in [-0.25, -0.2) is 0 Å². The van der Waals surface area contributed by atoms with Gasteiger partial charge in [-0.1, -0.05) is 47.7 Å². The Morgan fingerprint density at radius 3 is 2.52 bits per heavy atom. The van der Waals surface area contributed by atoms with E-state index in [0.29, 0.717) is 11.5 Å². The molecule has 2 heterocycles. The molecule has 0 spiro atoms. The molecule has 2 aromatic carbocycles. The average molecular weight is 433 g/mol. The number of hydrogen-bond acceptors (Lipinski definition) is 5. The number of benzene rings is 2. The number of amides is 2. The van der Waals surface area contributed by atoms with Gasteiger partial charge in [-0.3, -0.25) is 9.59 Å². The van der Waals surface area contributed by atoms with Gasteiger partial charge in [0.2, 0.25) is 5.91 Å². The van der Waals surface area contributed by atoms with Gasteiger partial charge in [-0.05, 0) is 61.0 Å². The van der Waals surface area contributed by atoms with Crippen LogP contribution in [0, 0.1) is 5.92 Å². The fraction of sp³-hybridized carbons (Fsp3) is 0.333. The van der Waals surface area contributed by atoms with Crippen molar-refractivity contribution in [3.05, 3.63) is 65.5 Å². The Balaban J connectivity index is 1.36. The third kappa shape index (κ3) is 3.97. The molecule has 1 aromatic heterocycles. The van der Waals surface area contributed by atoms with E-state index in [4.69, 9.17) is 0 Å². The number of aromatic nitrogens is 2. The van der Waals surface area contributed by atoms with Crippen molar-refractivity contribution in [1.29, 1.82) is 0 Å². The van der Waals surface area contributed by atoms with Crippen molar-refractivity contribution < 1.29 is 9.59 Å². The summed E-state index contributed by atoms with van der Waals surface area (Å²) in [6.07, 6.45) is 5.08. The molecular weight excluding hydrogens is 408 g/mol. The van der Waals surface area contributed by atoms with E-state index in [1.165, 1.54) is 18.0 Å². The highest BCUT2D eigenvalue weighted by atomic mass is 32.1. The zero-order valence-electron chi connectivity index (χ0n) is 17.1. The fourth-order valence-electron chi connectivity index (χ4n) is 4.96. The second-order valence-electron chi connectivity index (χ2n) is 8.30. The third-order valence-electron chi connectivity index (χ3n) is 6.45. The summed E-state index contributed by atoms with van der Waals surface area (Å²) in [4.78, 5) is 28.5. The first-order chi connectivity index (χ1) is 15.2. The van der Waals surface area contributed by atoms with Crippen LogP contribution in [-0.4, -0.2) is 38.4 Å². The molecule has 1 N–H and O–H groups in total. The van der Waals surface area contributed by atoms with Crippen molar-refractivity contribution in [3.63, 3.8) is 0 Å². The molecule has 2 amide bonds. The van der Waals surface area contributed by atoms with Crippen LogP contribution in [0.15, 0.2) is 60.0 Å². The molecule has 7 heteroatoms. The minimum atomic E-state index is -0.441. The maximum absolute atomic E-state index is 13.4. The van der Waals surface area contributed by atoms with E-state index in [9.17, 15) is 9.59 Å². The van der Waals surface area contributed by atoms with E-state index < -0.39 is 6.04 Å². The Hall–Kier alpha value is -3.06. The first kappa shape index (κ1) is 19.9. The van der Waals surface area contributed by atoms with Crippen LogP contribution in [0.5, 0.6) is 0 Å². The number of nitrogens with one attached hydrogen (secondary N) is 1. The summed E-state index contributed by atoms with van der Waals surface area (Å²) in [7, 11) is 0. The van der Waals surface area contributed by atoms with Crippen LogP contribution in [0.3, 0.4) is 0 Å². The fourth-order valence-corrected chi connectivity index (χ4v) is 5.42. The molecular formula is C24H24N4O2S. The zero-order chi connectivity index (χ0) is 21.2. The predicted octanol–water partition coefficient (Wildman–Crippen LogP) is 4.62. The Morgan fingerprint density at radius 2 is 1.77 bits per heavy atom. The van der Waals surface area contributed by atoms with Crippen LogP contribution in [0.4, 0.5) is 5.69 Å². The Labute approximate surface area is 185 Å². The lowest BCUT2D eigenvalue weighted by molar-refractivity contribution is -0.120. The molecule has 3 atom stereocenters. The van der Waals surface area contributed by atoms with Crippen molar-refractivity contribution in [3.8, 4) is 11.3 Å². The second kappa shape index (κ2) is 8.59. The van der Waals surface area contributed by atoms with Gasteiger partial charge < -0.3 is 10.2 Å². The van der Waals surface area contributed by atoms with Gasteiger partial charge in [0.05, 0.1) is 0 Å². The van der Waals surface area contributed by atoms with Crippen LogP contribution < -0.4 is 5.32 Å². The first-order valence-electron chi connectivity index (χ1n) is 10.8. The third-order valence-corrected chi connectivity index (χ3v) is 6.96. The van der Waals surface area contributed by atoms with E-state index >= 15 is 0 Å². The molecule has 31 heavy (non-hydrogen) atoms. The van der Waals surface area contributed by atoms with E-state index in [0.717, 1.165) is 42.6 Å². The molecule has 0 bridgehead atoms. The van der Waals surface area contributed by atoms with E-state index in [-0.39, 0.29) is 17.9 Å². The van der Waals surface area contributed by atoms with E-state index in [1.807, 2.05) is 64.9 Å². The van der Waals surface area contributed by atoms with Gasteiger partial charge in [0.25, 0.3) is 5.91 Å². The van der Waals surface area contributed by atoms with Crippen LogP contribution in [-0.2, 0) is 4.79 Å². The van der Waals surface area contributed by atoms with Gasteiger partial charge in [0, 0.05) is 28.2 Å². The van der Waals surface area contributed by atoms with Gasteiger partial charge >= 0.3 is 0 Å². The molecule has 0 radical (unpaired) electrons. The Bertz CT molecular complexity index is 1050. The summed E-state index contributed by atoms with van der Waals surface area (Å²) < 4.78 is 3.89. The number of rotatable bonds is 4. The summed E-state index contributed by atoms with van der Waals surface area (Å²) in [6.45, 7) is 0. The van der Waals surface area contributed by atoms with Gasteiger partial charge in [0.15, 0.2) is 0 Å². The number of carbonyl (C=O) groups excluding carboxylic acids is 2. The van der Waals surface area contributed by atoms with Crippen molar-refractivity contribution in [2.75, 3.05) is 5.32 Å². The summed E-state index contributed by atoms with van der Waals surface area (Å²) >= 11 is 1.31. The molecule has 2 aliphatic rings. The van der Waals surface area contributed by atoms with E-state index in [1.54, 1.807) is 0 Å². The monoisotopic (exact) mass is 432 g/mol. The number of hydrogen-bond donors (Lipinski definition) is 1. The molecule has 6 nitrogen and oxygen atoms in total. The zero-order valence-corrected chi connectivity index (χ0v) is 17.9. The average Bonchev–Trinajstić information content (AvgIpc) is 3.48. The van der Waals surface area contributed by atoms with Crippen LogP contribution >= 0.6 is 11.5 Å². The summed E-state index contributed by atoms with van der Waals surface area (Å²) in [5.74, 6) is 0.250. The summed E-state index contributed by atoms with van der Waals surface area (Å²) in [6, 6.07) is 16.6. The maximum atomic E-state index is 13.4. The lowest BCUT2D eigenvalue weighted by Gasteiger charge is -2.33. The highest BCUT2D eigenvalue weighted by molar-refractivity contribution is 7.03. The largest absolute Gasteiger partial charge is 0.324 e. The summed E-state index contributed by atoms with van der Waals surface area (Å²) in [5.41, 5.74) is 3.15. The normalized spacial score (nSPS) is 22.7. The van der Waals surface area contributed by atoms with Crippen LogP contribution in [0.2, 0.25) is 0 Å². The van der Waals surface area contributed by atoms with Crippen molar-refractivity contribution >= 4 is 29.0 Å². The number of fused-ring (bicyclic) bond motifs is 1. The van der Waals surface area contributed by atoms with Gasteiger partial charge in [-0.2, -0.15) is 0 Å². The van der Waals surface area contributed by atoms with Crippen LogP contribution in [0.25, 0.3) is 11.3 Å². The highest BCUT2D eigenvalue weighted by Gasteiger charge is 2.47. The second-order valence-corrected chi connectivity index (χ2v) is 8.91. The van der Waals surface area contributed by atoms with Crippen LogP contribution in [0.1, 0.15) is 42.5 Å². The number of carbonyl (C=O) groups is 2. The summed E-state index contributed by atoms with van der Waals surface area (Å²) in [5, 5.41) is 9.00. The van der Waals surface area contributed by atoms with E-state index in [2.05, 4.69) is 14.9 Å².